The van der Waals surface area contributed by atoms with E-state index in [2.05, 4.69) is 36.3 Å². The summed E-state index contributed by atoms with van der Waals surface area (Å²) in [6, 6.07) is 0. The number of aryl methyl sites for hydroxylation is 1. The van der Waals surface area contributed by atoms with Crippen LogP contribution in [0.2, 0.25) is 0 Å². The highest BCUT2D eigenvalue weighted by atomic mass is 79.9. The van der Waals surface area contributed by atoms with Gasteiger partial charge in [0.15, 0.2) is 11.5 Å². The van der Waals surface area contributed by atoms with Crippen LogP contribution in [0.15, 0.2) is 9.00 Å². The van der Waals surface area contributed by atoms with Crippen LogP contribution in [0.1, 0.15) is 11.5 Å². The molecule has 0 atom stereocenters. The summed E-state index contributed by atoms with van der Waals surface area (Å²) in [7, 11) is 0. The largest absolute Gasteiger partial charge is 0.332 e. The lowest BCUT2D eigenvalue weighted by Crippen LogP contribution is -1.97. The smallest absolute Gasteiger partial charge is 0.279 e. The standard InChI is InChI=1S/C7H8BrN5O.ClH/c1-3-5(8)6(12-11-3)7-10-4(2-9)13-14-7;/h2,9H2,1H3,(H,11,12);1H. The Morgan fingerprint density at radius 3 is 2.73 bits per heavy atom. The minimum absolute atomic E-state index is 0. The van der Waals surface area contributed by atoms with Gasteiger partial charge in [0.25, 0.3) is 5.89 Å². The molecule has 0 aliphatic carbocycles. The number of aromatic nitrogens is 4. The van der Waals surface area contributed by atoms with Crippen LogP contribution in [0.3, 0.4) is 0 Å². The van der Waals surface area contributed by atoms with Crippen molar-refractivity contribution in [3.8, 4) is 11.6 Å². The molecule has 2 aromatic heterocycles. The van der Waals surface area contributed by atoms with Crippen LogP contribution in [0, 0.1) is 6.92 Å². The molecule has 0 aliphatic rings. The zero-order valence-electron chi connectivity index (χ0n) is 7.82. The topological polar surface area (TPSA) is 93.6 Å². The molecule has 0 aliphatic heterocycles. The van der Waals surface area contributed by atoms with Crippen molar-refractivity contribution in [2.75, 3.05) is 0 Å². The van der Waals surface area contributed by atoms with E-state index < -0.39 is 0 Å². The molecule has 0 radical (unpaired) electrons. The van der Waals surface area contributed by atoms with Gasteiger partial charge in [0.05, 0.1) is 11.0 Å². The Morgan fingerprint density at radius 2 is 2.27 bits per heavy atom. The molecule has 0 spiro atoms. The van der Waals surface area contributed by atoms with Gasteiger partial charge in [0.1, 0.15) is 0 Å². The zero-order chi connectivity index (χ0) is 10.1. The Balaban J connectivity index is 0.00000112. The fraction of sp³-hybridized carbons (Fsp3) is 0.286. The summed E-state index contributed by atoms with van der Waals surface area (Å²) < 4.78 is 5.81. The van der Waals surface area contributed by atoms with Crippen LogP contribution >= 0.6 is 28.3 Å². The number of halogens is 2. The third kappa shape index (κ3) is 2.19. The minimum atomic E-state index is 0. The molecule has 2 aromatic rings. The molecule has 0 fully saturated rings. The highest BCUT2D eigenvalue weighted by Gasteiger charge is 2.15. The molecule has 6 nitrogen and oxygen atoms in total. The first-order chi connectivity index (χ1) is 6.72. The summed E-state index contributed by atoms with van der Waals surface area (Å²) in [6.07, 6.45) is 0. The van der Waals surface area contributed by atoms with E-state index in [1.165, 1.54) is 0 Å². The van der Waals surface area contributed by atoms with Crippen molar-refractivity contribution in [1.29, 1.82) is 0 Å². The highest BCUT2D eigenvalue weighted by molar-refractivity contribution is 9.10. The highest BCUT2D eigenvalue weighted by Crippen LogP contribution is 2.26. The van der Waals surface area contributed by atoms with Crippen molar-refractivity contribution in [3.63, 3.8) is 0 Å². The second-order valence-electron chi connectivity index (χ2n) is 2.73. The van der Waals surface area contributed by atoms with Gasteiger partial charge >= 0.3 is 0 Å². The summed E-state index contributed by atoms with van der Waals surface area (Å²) in [5.41, 5.74) is 6.88. The normalized spacial score (nSPS) is 10.1. The van der Waals surface area contributed by atoms with Gasteiger partial charge in [-0.3, -0.25) is 5.10 Å². The van der Waals surface area contributed by atoms with Gasteiger partial charge < -0.3 is 10.3 Å². The quantitative estimate of drug-likeness (QED) is 0.873. The van der Waals surface area contributed by atoms with E-state index >= 15 is 0 Å². The molecular formula is C7H9BrClN5O. The predicted molar refractivity (Wildman–Crippen MR) is 59.5 cm³/mol. The van der Waals surface area contributed by atoms with Crippen molar-refractivity contribution in [3.05, 3.63) is 16.0 Å². The molecule has 8 heteroatoms. The number of aromatic amines is 1. The van der Waals surface area contributed by atoms with Crippen molar-refractivity contribution in [2.45, 2.75) is 13.5 Å². The van der Waals surface area contributed by atoms with Crippen molar-refractivity contribution in [2.24, 2.45) is 5.73 Å². The molecule has 0 aromatic carbocycles. The SMILES string of the molecule is Cc1[nH]nc(-c2nc(CN)no2)c1Br.Cl. The van der Waals surface area contributed by atoms with Crippen LogP contribution in [0.25, 0.3) is 11.6 Å². The van der Waals surface area contributed by atoms with Gasteiger partial charge in [-0.2, -0.15) is 10.1 Å². The third-order valence-electron chi connectivity index (χ3n) is 1.73. The lowest BCUT2D eigenvalue weighted by molar-refractivity contribution is 0.421. The number of nitrogens with one attached hydrogen (secondary N) is 1. The van der Waals surface area contributed by atoms with Gasteiger partial charge in [0, 0.05) is 5.69 Å². The number of rotatable bonds is 2. The number of hydrogen-bond donors (Lipinski definition) is 2. The first-order valence-corrected chi connectivity index (χ1v) is 4.75. The maximum Gasteiger partial charge on any atom is 0.279 e. The first kappa shape index (κ1) is 12.2. The van der Waals surface area contributed by atoms with Gasteiger partial charge in [0.2, 0.25) is 0 Å². The van der Waals surface area contributed by atoms with E-state index in [0.29, 0.717) is 17.4 Å². The molecule has 2 rings (SSSR count). The fourth-order valence-corrected chi connectivity index (χ4v) is 1.34. The molecule has 0 unspecified atom stereocenters. The molecule has 0 saturated carbocycles. The van der Waals surface area contributed by atoms with Crippen LogP contribution in [0.5, 0.6) is 0 Å². The summed E-state index contributed by atoms with van der Waals surface area (Å²) >= 11 is 3.37. The summed E-state index contributed by atoms with van der Waals surface area (Å²) in [5, 5.41) is 10.5. The summed E-state index contributed by atoms with van der Waals surface area (Å²) in [6.45, 7) is 2.14. The minimum Gasteiger partial charge on any atom is -0.332 e. The van der Waals surface area contributed by atoms with E-state index in [4.69, 9.17) is 10.3 Å². The van der Waals surface area contributed by atoms with E-state index in [9.17, 15) is 0 Å². The van der Waals surface area contributed by atoms with Crippen molar-refractivity contribution >= 4 is 28.3 Å². The maximum atomic E-state index is 5.36. The Labute approximate surface area is 100 Å². The van der Waals surface area contributed by atoms with E-state index in [0.717, 1.165) is 10.2 Å². The molecule has 0 saturated heterocycles. The average Bonchev–Trinajstić information content (AvgIpc) is 2.75. The predicted octanol–water partition coefficient (Wildman–Crippen LogP) is 1.41. The van der Waals surface area contributed by atoms with Crippen LogP contribution < -0.4 is 5.73 Å². The molecule has 15 heavy (non-hydrogen) atoms. The zero-order valence-corrected chi connectivity index (χ0v) is 10.2. The van der Waals surface area contributed by atoms with E-state index in [1.807, 2.05) is 6.92 Å². The number of nitrogens with zero attached hydrogens (tertiary/aromatic N) is 3. The Kier molecular flexibility index (Phi) is 3.83. The second kappa shape index (κ2) is 4.73. The van der Waals surface area contributed by atoms with Crippen LogP contribution in [-0.2, 0) is 6.54 Å². The molecule has 3 N–H and O–H groups in total. The maximum absolute atomic E-state index is 5.36. The van der Waals surface area contributed by atoms with Gasteiger partial charge in [-0.25, -0.2) is 0 Å². The Bertz CT molecular complexity index is 454. The second-order valence-corrected chi connectivity index (χ2v) is 3.52. The van der Waals surface area contributed by atoms with Gasteiger partial charge in [-0.1, -0.05) is 5.16 Å². The molecule has 0 amide bonds. The average molecular weight is 295 g/mol. The van der Waals surface area contributed by atoms with E-state index in [-0.39, 0.29) is 19.0 Å². The van der Waals surface area contributed by atoms with E-state index in [1.54, 1.807) is 0 Å². The lowest BCUT2D eigenvalue weighted by Gasteiger charge is -1.86. The number of hydrogen-bond acceptors (Lipinski definition) is 5. The summed E-state index contributed by atoms with van der Waals surface area (Å²) in [5.74, 6) is 0.828. The van der Waals surface area contributed by atoms with Crippen LogP contribution in [0.4, 0.5) is 0 Å². The Morgan fingerprint density at radius 1 is 1.53 bits per heavy atom. The van der Waals surface area contributed by atoms with Crippen molar-refractivity contribution in [1.82, 2.24) is 20.3 Å². The van der Waals surface area contributed by atoms with Crippen LogP contribution in [-0.4, -0.2) is 20.3 Å². The third-order valence-corrected chi connectivity index (χ3v) is 2.70. The first-order valence-electron chi connectivity index (χ1n) is 3.96. The molecule has 82 valence electrons. The van der Waals surface area contributed by atoms with Gasteiger partial charge in [-0.05, 0) is 22.9 Å². The Hall–Kier alpha value is -0.920. The van der Waals surface area contributed by atoms with Gasteiger partial charge in [-0.15, -0.1) is 12.4 Å². The lowest BCUT2D eigenvalue weighted by atomic mass is 10.4. The summed E-state index contributed by atoms with van der Waals surface area (Å²) in [4.78, 5) is 4.06. The monoisotopic (exact) mass is 293 g/mol. The molecular weight excluding hydrogens is 285 g/mol. The number of H-pyrrole nitrogens is 1. The molecule has 0 bridgehead atoms. The molecule has 2 heterocycles. The number of nitrogens with two attached hydrogens (primary N) is 1. The van der Waals surface area contributed by atoms with Crippen molar-refractivity contribution < 1.29 is 4.52 Å². The fourth-order valence-electron chi connectivity index (χ4n) is 0.990.